The molecule has 0 fully saturated rings. The first-order valence-electron chi connectivity index (χ1n) is 6.29. The van der Waals surface area contributed by atoms with Gasteiger partial charge in [0.05, 0.1) is 7.11 Å². The summed E-state index contributed by atoms with van der Waals surface area (Å²) in [5, 5.41) is 3.38. The van der Waals surface area contributed by atoms with Gasteiger partial charge < -0.3 is 15.2 Å². The maximum Gasteiger partial charge on any atom is 0.162 e. The molecule has 1 aromatic heterocycles. The molecule has 2 N–H and O–H groups in total. The first-order valence-corrected chi connectivity index (χ1v) is 7.17. The Kier molecular flexibility index (Phi) is 3.48. The third-order valence-corrected chi connectivity index (χ3v) is 4.14. The fourth-order valence-electron chi connectivity index (χ4n) is 2.10. The molecule has 20 heavy (non-hydrogen) atoms. The number of hydrogen-bond acceptors (Lipinski definition) is 4. The van der Waals surface area contributed by atoms with E-state index in [1.165, 1.54) is 15.6 Å². The SMILES string of the molecule is COc1cc(N)ccc1OCc1csc2ccccc12. The first-order chi connectivity index (χ1) is 9.78. The van der Waals surface area contributed by atoms with E-state index in [0.29, 0.717) is 23.8 Å². The molecular formula is C16H15NO2S. The molecule has 0 saturated carbocycles. The van der Waals surface area contributed by atoms with Gasteiger partial charge in [-0.1, -0.05) is 18.2 Å². The molecule has 0 spiro atoms. The lowest BCUT2D eigenvalue weighted by atomic mass is 10.2. The normalized spacial score (nSPS) is 10.7. The summed E-state index contributed by atoms with van der Waals surface area (Å²) in [5.74, 6) is 1.36. The van der Waals surface area contributed by atoms with E-state index >= 15 is 0 Å². The number of anilines is 1. The number of nitrogens with two attached hydrogens (primary N) is 1. The van der Waals surface area contributed by atoms with E-state index in [0.717, 1.165) is 0 Å². The molecule has 3 nitrogen and oxygen atoms in total. The molecule has 3 aromatic rings. The van der Waals surface area contributed by atoms with E-state index in [2.05, 4.69) is 17.5 Å². The summed E-state index contributed by atoms with van der Waals surface area (Å²) < 4.78 is 12.4. The summed E-state index contributed by atoms with van der Waals surface area (Å²) in [7, 11) is 1.61. The Hall–Kier alpha value is -2.20. The zero-order chi connectivity index (χ0) is 13.9. The van der Waals surface area contributed by atoms with Crippen molar-refractivity contribution in [3.63, 3.8) is 0 Å². The second kappa shape index (κ2) is 5.43. The van der Waals surface area contributed by atoms with Crippen LogP contribution in [0.3, 0.4) is 0 Å². The fourth-order valence-corrected chi connectivity index (χ4v) is 3.05. The van der Waals surface area contributed by atoms with Crippen LogP contribution in [-0.2, 0) is 6.61 Å². The van der Waals surface area contributed by atoms with Gasteiger partial charge in [-0.3, -0.25) is 0 Å². The van der Waals surface area contributed by atoms with Gasteiger partial charge in [0, 0.05) is 22.0 Å². The number of rotatable bonds is 4. The maximum atomic E-state index is 5.86. The van der Waals surface area contributed by atoms with E-state index in [1.54, 1.807) is 24.5 Å². The topological polar surface area (TPSA) is 44.5 Å². The molecule has 0 atom stereocenters. The molecular weight excluding hydrogens is 270 g/mol. The van der Waals surface area contributed by atoms with Crippen molar-refractivity contribution < 1.29 is 9.47 Å². The number of thiophene rings is 1. The highest BCUT2D eigenvalue weighted by Gasteiger charge is 2.07. The van der Waals surface area contributed by atoms with Gasteiger partial charge in [0.25, 0.3) is 0 Å². The molecule has 4 heteroatoms. The van der Waals surface area contributed by atoms with Crippen LogP contribution in [0, 0.1) is 0 Å². The Labute approximate surface area is 121 Å². The molecule has 0 radical (unpaired) electrons. The Morgan fingerprint density at radius 2 is 1.95 bits per heavy atom. The summed E-state index contributed by atoms with van der Waals surface area (Å²) in [6.45, 7) is 0.518. The minimum Gasteiger partial charge on any atom is -0.493 e. The summed E-state index contributed by atoms with van der Waals surface area (Å²) in [4.78, 5) is 0. The van der Waals surface area contributed by atoms with Crippen molar-refractivity contribution >= 4 is 27.1 Å². The van der Waals surface area contributed by atoms with Crippen molar-refractivity contribution in [2.75, 3.05) is 12.8 Å². The number of nitrogen functional groups attached to an aromatic ring is 1. The van der Waals surface area contributed by atoms with Gasteiger partial charge in [0.2, 0.25) is 0 Å². The summed E-state index contributed by atoms with van der Waals surface area (Å²) >= 11 is 1.73. The number of benzene rings is 2. The van der Waals surface area contributed by atoms with Gasteiger partial charge in [-0.25, -0.2) is 0 Å². The molecule has 3 rings (SSSR count). The lowest BCUT2D eigenvalue weighted by Gasteiger charge is -2.10. The number of fused-ring (bicyclic) bond motifs is 1. The van der Waals surface area contributed by atoms with Gasteiger partial charge >= 0.3 is 0 Å². The van der Waals surface area contributed by atoms with E-state index in [-0.39, 0.29) is 0 Å². The average molecular weight is 285 g/mol. The van der Waals surface area contributed by atoms with E-state index < -0.39 is 0 Å². The van der Waals surface area contributed by atoms with Crippen molar-refractivity contribution in [2.45, 2.75) is 6.61 Å². The zero-order valence-corrected chi connectivity index (χ0v) is 11.9. The van der Waals surface area contributed by atoms with Crippen LogP contribution < -0.4 is 15.2 Å². The van der Waals surface area contributed by atoms with Crippen LogP contribution in [0.2, 0.25) is 0 Å². The number of ether oxygens (including phenoxy) is 2. The lowest BCUT2D eigenvalue weighted by Crippen LogP contribution is -1.98. The Morgan fingerprint density at radius 3 is 2.80 bits per heavy atom. The molecule has 0 saturated heterocycles. The Balaban J connectivity index is 1.83. The Bertz CT molecular complexity index is 736. The minimum atomic E-state index is 0.518. The van der Waals surface area contributed by atoms with Crippen molar-refractivity contribution in [3.8, 4) is 11.5 Å². The average Bonchev–Trinajstić information content (AvgIpc) is 2.89. The van der Waals surface area contributed by atoms with Crippen LogP contribution in [0.1, 0.15) is 5.56 Å². The predicted octanol–water partition coefficient (Wildman–Crippen LogP) is 4.07. The highest BCUT2D eigenvalue weighted by Crippen LogP contribution is 2.31. The third kappa shape index (κ3) is 2.42. The standard InChI is InChI=1S/C16H15NO2S/c1-18-15-8-12(17)6-7-14(15)19-9-11-10-20-16-5-3-2-4-13(11)16/h2-8,10H,9,17H2,1H3. The van der Waals surface area contributed by atoms with E-state index in [9.17, 15) is 0 Å². The number of hydrogen-bond donors (Lipinski definition) is 1. The molecule has 102 valence electrons. The van der Waals surface area contributed by atoms with Gasteiger partial charge in [-0.15, -0.1) is 11.3 Å². The first kappa shape index (κ1) is 12.8. The van der Waals surface area contributed by atoms with Crippen LogP contribution in [-0.4, -0.2) is 7.11 Å². The molecule has 0 unspecified atom stereocenters. The van der Waals surface area contributed by atoms with Crippen LogP contribution in [0.25, 0.3) is 10.1 Å². The lowest BCUT2D eigenvalue weighted by molar-refractivity contribution is 0.286. The second-order valence-corrected chi connectivity index (χ2v) is 5.37. The second-order valence-electron chi connectivity index (χ2n) is 4.46. The highest BCUT2D eigenvalue weighted by atomic mass is 32.1. The molecule has 0 bridgehead atoms. The largest absolute Gasteiger partial charge is 0.493 e. The maximum absolute atomic E-state index is 5.86. The molecule has 0 aliphatic rings. The summed E-state index contributed by atoms with van der Waals surface area (Å²) in [6.07, 6.45) is 0. The third-order valence-electron chi connectivity index (χ3n) is 3.13. The smallest absolute Gasteiger partial charge is 0.162 e. The minimum absolute atomic E-state index is 0.518. The van der Waals surface area contributed by atoms with Crippen molar-refractivity contribution in [3.05, 3.63) is 53.4 Å². The van der Waals surface area contributed by atoms with Crippen molar-refractivity contribution in [1.29, 1.82) is 0 Å². The van der Waals surface area contributed by atoms with Crippen LogP contribution in [0.5, 0.6) is 11.5 Å². The molecule has 1 heterocycles. The number of methoxy groups -OCH3 is 1. The monoisotopic (exact) mass is 285 g/mol. The van der Waals surface area contributed by atoms with Crippen LogP contribution in [0.15, 0.2) is 47.8 Å². The van der Waals surface area contributed by atoms with Gasteiger partial charge in [0.1, 0.15) is 6.61 Å². The van der Waals surface area contributed by atoms with E-state index in [4.69, 9.17) is 15.2 Å². The summed E-state index contributed by atoms with van der Waals surface area (Å²) in [5.41, 5.74) is 7.58. The van der Waals surface area contributed by atoms with Crippen LogP contribution in [0.4, 0.5) is 5.69 Å². The van der Waals surface area contributed by atoms with Crippen molar-refractivity contribution in [2.24, 2.45) is 0 Å². The van der Waals surface area contributed by atoms with E-state index in [1.807, 2.05) is 24.3 Å². The fraction of sp³-hybridized carbons (Fsp3) is 0.125. The summed E-state index contributed by atoms with van der Waals surface area (Å²) in [6, 6.07) is 13.7. The predicted molar refractivity (Wildman–Crippen MR) is 83.6 cm³/mol. The molecule has 0 aliphatic carbocycles. The van der Waals surface area contributed by atoms with Crippen molar-refractivity contribution in [1.82, 2.24) is 0 Å². The molecule has 0 amide bonds. The Morgan fingerprint density at radius 1 is 1.10 bits per heavy atom. The molecule has 0 aliphatic heterocycles. The zero-order valence-electron chi connectivity index (χ0n) is 11.1. The van der Waals surface area contributed by atoms with Crippen LogP contribution >= 0.6 is 11.3 Å². The van der Waals surface area contributed by atoms with Gasteiger partial charge in [-0.05, 0) is 29.0 Å². The molecule has 2 aromatic carbocycles. The quantitative estimate of drug-likeness (QED) is 0.735. The highest BCUT2D eigenvalue weighted by molar-refractivity contribution is 7.17. The van der Waals surface area contributed by atoms with Gasteiger partial charge in [-0.2, -0.15) is 0 Å². The van der Waals surface area contributed by atoms with Gasteiger partial charge in [0.15, 0.2) is 11.5 Å².